The number of aryl methyl sites for hydroxylation is 2. The van der Waals surface area contributed by atoms with Gasteiger partial charge in [-0.05, 0) is 18.1 Å². The highest BCUT2D eigenvalue weighted by Gasteiger charge is 2.11. The molecular formula is C16H18N4. The van der Waals surface area contributed by atoms with E-state index < -0.39 is 0 Å². The average molecular weight is 266 g/mol. The summed E-state index contributed by atoms with van der Waals surface area (Å²) in [5.41, 5.74) is 8.46. The minimum atomic E-state index is -0.0229. The molecule has 102 valence electrons. The number of aromatic nitrogens is 3. The lowest BCUT2D eigenvalue weighted by Gasteiger charge is -2.14. The molecule has 0 aliphatic carbocycles. The second-order valence-electron chi connectivity index (χ2n) is 5.02. The van der Waals surface area contributed by atoms with Crippen molar-refractivity contribution in [2.75, 3.05) is 0 Å². The summed E-state index contributed by atoms with van der Waals surface area (Å²) in [7, 11) is 2.01. The van der Waals surface area contributed by atoms with Crippen LogP contribution in [0.2, 0.25) is 0 Å². The van der Waals surface area contributed by atoms with Gasteiger partial charge in [0.05, 0.1) is 5.52 Å². The van der Waals surface area contributed by atoms with Gasteiger partial charge in [0.25, 0.3) is 0 Å². The van der Waals surface area contributed by atoms with Crippen LogP contribution in [0.25, 0.3) is 10.9 Å². The number of hydrogen-bond acceptors (Lipinski definition) is 3. The molecule has 1 unspecified atom stereocenters. The van der Waals surface area contributed by atoms with Gasteiger partial charge in [0.15, 0.2) is 0 Å². The maximum atomic E-state index is 6.35. The second kappa shape index (κ2) is 5.43. The van der Waals surface area contributed by atoms with Crippen LogP contribution in [0.4, 0.5) is 0 Å². The highest BCUT2D eigenvalue weighted by molar-refractivity contribution is 5.81. The molecule has 0 fully saturated rings. The lowest BCUT2D eigenvalue weighted by Crippen LogP contribution is -2.13. The van der Waals surface area contributed by atoms with E-state index in [1.54, 1.807) is 0 Å². The Hall–Kier alpha value is -2.20. The highest BCUT2D eigenvalue weighted by Crippen LogP contribution is 2.23. The van der Waals surface area contributed by atoms with Gasteiger partial charge in [-0.15, -0.1) is 0 Å². The van der Waals surface area contributed by atoms with E-state index in [9.17, 15) is 0 Å². The van der Waals surface area contributed by atoms with Gasteiger partial charge in [0, 0.05) is 43.5 Å². The standard InChI is InChI=1S/C16H18N4/c1-20-11-10-18-15(20)8-7-14(17)13-6-2-4-12-5-3-9-19-16(12)13/h2-6,9-11,14H,7-8,17H2,1H3. The summed E-state index contributed by atoms with van der Waals surface area (Å²) < 4.78 is 2.04. The maximum Gasteiger partial charge on any atom is 0.108 e. The van der Waals surface area contributed by atoms with Gasteiger partial charge in [-0.2, -0.15) is 0 Å². The molecule has 0 spiro atoms. The van der Waals surface area contributed by atoms with Crippen LogP contribution >= 0.6 is 0 Å². The van der Waals surface area contributed by atoms with Crippen LogP contribution in [0.5, 0.6) is 0 Å². The summed E-state index contributed by atoms with van der Waals surface area (Å²) in [4.78, 5) is 8.80. The van der Waals surface area contributed by atoms with Crippen molar-refractivity contribution in [2.24, 2.45) is 12.8 Å². The molecule has 1 atom stereocenters. The van der Waals surface area contributed by atoms with Crippen molar-refractivity contribution in [2.45, 2.75) is 18.9 Å². The lowest BCUT2D eigenvalue weighted by molar-refractivity contribution is 0.623. The van der Waals surface area contributed by atoms with Crippen molar-refractivity contribution in [1.29, 1.82) is 0 Å². The summed E-state index contributed by atoms with van der Waals surface area (Å²) in [5.74, 6) is 1.06. The summed E-state index contributed by atoms with van der Waals surface area (Å²) in [6.45, 7) is 0. The first-order chi connectivity index (χ1) is 9.75. The summed E-state index contributed by atoms with van der Waals surface area (Å²) >= 11 is 0. The summed E-state index contributed by atoms with van der Waals surface area (Å²) in [5, 5.41) is 1.14. The molecule has 2 aromatic heterocycles. The zero-order valence-electron chi connectivity index (χ0n) is 11.5. The molecule has 2 heterocycles. The first-order valence-corrected chi connectivity index (χ1v) is 6.81. The molecule has 3 aromatic rings. The Labute approximate surface area is 118 Å². The van der Waals surface area contributed by atoms with Gasteiger partial charge in [-0.1, -0.05) is 24.3 Å². The zero-order chi connectivity index (χ0) is 13.9. The number of rotatable bonds is 4. The quantitative estimate of drug-likeness (QED) is 0.789. The van der Waals surface area contributed by atoms with E-state index in [0.717, 1.165) is 35.1 Å². The Morgan fingerprint density at radius 1 is 1.15 bits per heavy atom. The third kappa shape index (κ3) is 2.42. The molecule has 0 aliphatic heterocycles. The minimum Gasteiger partial charge on any atom is -0.338 e. The van der Waals surface area contributed by atoms with Crippen molar-refractivity contribution in [3.05, 3.63) is 60.3 Å². The van der Waals surface area contributed by atoms with E-state index in [0.29, 0.717) is 0 Å². The fraction of sp³-hybridized carbons (Fsp3) is 0.250. The van der Waals surface area contributed by atoms with Gasteiger partial charge in [0.2, 0.25) is 0 Å². The molecule has 0 saturated heterocycles. The van der Waals surface area contributed by atoms with E-state index in [2.05, 4.69) is 28.2 Å². The van der Waals surface area contributed by atoms with Crippen LogP contribution in [0.3, 0.4) is 0 Å². The van der Waals surface area contributed by atoms with Crippen molar-refractivity contribution in [3.8, 4) is 0 Å². The molecule has 2 N–H and O–H groups in total. The van der Waals surface area contributed by atoms with Crippen molar-refractivity contribution >= 4 is 10.9 Å². The molecule has 0 radical (unpaired) electrons. The van der Waals surface area contributed by atoms with Crippen LogP contribution < -0.4 is 5.73 Å². The summed E-state index contributed by atoms with van der Waals surface area (Å²) in [6.07, 6.45) is 7.33. The largest absolute Gasteiger partial charge is 0.338 e. The van der Waals surface area contributed by atoms with E-state index in [-0.39, 0.29) is 6.04 Å². The van der Waals surface area contributed by atoms with Gasteiger partial charge in [0.1, 0.15) is 5.82 Å². The van der Waals surface area contributed by atoms with Gasteiger partial charge < -0.3 is 10.3 Å². The minimum absolute atomic E-state index is 0.0229. The summed E-state index contributed by atoms with van der Waals surface area (Å²) in [6, 6.07) is 10.2. The third-order valence-electron chi connectivity index (χ3n) is 3.66. The predicted octanol–water partition coefficient (Wildman–Crippen LogP) is 2.60. The van der Waals surface area contributed by atoms with Gasteiger partial charge in [-0.3, -0.25) is 4.98 Å². The molecule has 0 saturated carbocycles. The monoisotopic (exact) mass is 266 g/mol. The third-order valence-corrected chi connectivity index (χ3v) is 3.66. The topological polar surface area (TPSA) is 56.7 Å². The predicted molar refractivity (Wildman–Crippen MR) is 80.2 cm³/mol. The molecule has 3 rings (SSSR count). The molecular weight excluding hydrogens is 248 g/mol. The molecule has 0 bridgehead atoms. The number of pyridine rings is 1. The number of imidazole rings is 1. The first kappa shape index (κ1) is 12.8. The van der Waals surface area contributed by atoms with Gasteiger partial charge in [-0.25, -0.2) is 4.98 Å². The Bertz CT molecular complexity index is 712. The maximum absolute atomic E-state index is 6.35. The number of hydrogen-bond donors (Lipinski definition) is 1. The average Bonchev–Trinajstić information content (AvgIpc) is 2.89. The van der Waals surface area contributed by atoms with Crippen LogP contribution in [-0.2, 0) is 13.5 Å². The molecule has 4 nitrogen and oxygen atoms in total. The highest BCUT2D eigenvalue weighted by atomic mass is 15.0. The number of nitrogens with zero attached hydrogens (tertiary/aromatic N) is 3. The van der Waals surface area contributed by atoms with Gasteiger partial charge >= 0.3 is 0 Å². The van der Waals surface area contributed by atoms with Crippen LogP contribution in [-0.4, -0.2) is 14.5 Å². The first-order valence-electron chi connectivity index (χ1n) is 6.81. The lowest BCUT2D eigenvalue weighted by atomic mass is 9.99. The number of para-hydroxylation sites is 1. The zero-order valence-corrected chi connectivity index (χ0v) is 11.5. The SMILES string of the molecule is Cn1ccnc1CCC(N)c1cccc2cccnc12. The van der Waals surface area contributed by atoms with Crippen molar-refractivity contribution in [1.82, 2.24) is 14.5 Å². The Balaban J connectivity index is 1.82. The van der Waals surface area contributed by atoms with Crippen LogP contribution in [0, 0.1) is 0 Å². The Morgan fingerprint density at radius 2 is 2.00 bits per heavy atom. The number of nitrogens with two attached hydrogens (primary N) is 1. The van der Waals surface area contributed by atoms with E-state index in [1.165, 1.54) is 0 Å². The smallest absolute Gasteiger partial charge is 0.108 e. The molecule has 0 amide bonds. The Morgan fingerprint density at radius 3 is 2.80 bits per heavy atom. The molecule has 20 heavy (non-hydrogen) atoms. The van der Waals surface area contributed by atoms with Crippen molar-refractivity contribution in [3.63, 3.8) is 0 Å². The normalized spacial score (nSPS) is 12.7. The fourth-order valence-corrected chi connectivity index (χ4v) is 2.50. The fourth-order valence-electron chi connectivity index (χ4n) is 2.50. The number of benzene rings is 1. The Kier molecular flexibility index (Phi) is 3.48. The van der Waals surface area contributed by atoms with Crippen LogP contribution in [0.1, 0.15) is 23.9 Å². The van der Waals surface area contributed by atoms with E-state index in [4.69, 9.17) is 5.73 Å². The van der Waals surface area contributed by atoms with E-state index in [1.807, 2.05) is 42.3 Å². The van der Waals surface area contributed by atoms with Crippen molar-refractivity contribution < 1.29 is 0 Å². The molecule has 1 aromatic carbocycles. The second-order valence-corrected chi connectivity index (χ2v) is 5.02. The van der Waals surface area contributed by atoms with E-state index >= 15 is 0 Å². The molecule has 4 heteroatoms. The van der Waals surface area contributed by atoms with Crippen LogP contribution in [0.15, 0.2) is 48.9 Å². The number of fused-ring (bicyclic) bond motifs is 1. The molecule has 0 aliphatic rings.